The van der Waals surface area contributed by atoms with E-state index in [1.165, 1.54) is 24.3 Å². The van der Waals surface area contributed by atoms with Gasteiger partial charge in [-0.1, -0.05) is 34.8 Å². The van der Waals surface area contributed by atoms with Crippen molar-refractivity contribution in [3.63, 3.8) is 0 Å². The van der Waals surface area contributed by atoms with Gasteiger partial charge in [-0.3, -0.25) is 4.79 Å². The lowest BCUT2D eigenvalue weighted by Crippen LogP contribution is -2.20. The molecule has 21 heavy (non-hydrogen) atoms. The average molecular weight is 349 g/mol. The van der Waals surface area contributed by atoms with Crippen LogP contribution in [-0.2, 0) is 4.79 Å². The van der Waals surface area contributed by atoms with Crippen molar-refractivity contribution >= 4 is 46.4 Å². The Kier molecular flexibility index (Phi) is 5.28. The highest BCUT2D eigenvalue weighted by Crippen LogP contribution is 2.24. The van der Waals surface area contributed by atoms with Crippen molar-refractivity contribution in [2.24, 2.45) is 0 Å². The monoisotopic (exact) mass is 347 g/mol. The average Bonchev–Trinajstić information content (AvgIpc) is 2.39. The molecule has 3 nitrogen and oxygen atoms in total. The SMILES string of the molecule is O=C(COc1cc(Cl)cc(Cl)c1)Nc1ccc(Cl)cc1F. The Morgan fingerprint density at radius 3 is 2.33 bits per heavy atom. The number of ether oxygens (including phenoxy) is 1. The normalized spacial score (nSPS) is 10.3. The first-order valence-corrected chi connectivity index (χ1v) is 6.91. The van der Waals surface area contributed by atoms with Gasteiger partial charge in [0.25, 0.3) is 5.91 Å². The molecule has 0 unspecified atom stereocenters. The number of hydrogen-bond acceptors (Lipinski definition) is 2. The van der Waals surface area contributed by atoms with Crippen molar-refractivity contribution in [1.29, 1.82) is 0 Å². The Balaban J connectivity index is 1.95. The van der Waals surface area contributed by atoms with Crippen LogP contribution in [0.25, 0.3) is 0 Å². The molecular formula is C14H9Cl3FNO2. The van der Waals surface area contributed by atoms with Crippen LogP contribution in [-0.4, -0.2) is 12.5 Å². The fourth-order valence-corrected chi connectivity index (χ4v) is 2.20. The molecule has 0 atom stereocenters. The highest BCUT2D eigenvalue weighted by atomic mass is 35.5. The molecule has 0 aliphatic rings. The number of benzene rings is 2. The second kappa shape index (κ2) is 6.98. The summed E-state index contributed by atoms with van der Waals surface area (Å²) in [6, 6.07) is 8.52. The number of rotatable bonds is 4. The summed E-state index contributed by atoms with van der Waals surface area (Å²) in [5.74, 6) is -0.798. The van der Waals surface area contributed by atoms with Gasteiger partial charge in [0.1, 0.15) is 11.6 Å². The Morgan fingerprint density at radius 2 is 1.71 bits per heavy atom. The van der Waals surface area contributed by atoms with E-state index in [9.17, 15) is 9.18 Å². The van der Waals surface area contributed by atoms with E-state index in [2.05, 4.69) is 5.32 Å². The van der Waals surface area contributed by atoms with Crippen molar-refractivity contribution in [3.8, 4) is 5.75 Å². The predicted molar refractivity (Wildman–Crippen MR) is 82.0 cm³/mol. The lowest BCUT2D eigenvalue weighted by atomic mass is 10.3. The van der Waals surface area contributed by atoms with Gasteiger partial charge in [-0.15, -0.1) is 0 Å². The number of carbonyl (C=O) groups is 1. The molecule has 0 bridgehead atoms. The Labute approximate surface area is 135 Å². The first kappa shape index (κ1) is 15.9. The van der Waals surface area contributed by atoms with Crippen molar-refractivity contribution < 1.29 is 13.9 Å². The van der Waals surface area contributed by atoms with Gasteiger partial charge < -0.3 is 10.1 Å². The number of carbonyl (C=O) groups excluding carboxylic acids is 1. The van der Waals surface area contributed by atoms with Gasteiger partial charge >= 0.3 is 0 Å². The molecule has 2 aromatic carbocycles. The first-order chi connectivity index (χ1) is 9.94. The number of amides is 1. The Hall–Kier alpha value is -1.49. The summed E-state index contributed by atoms with van der Waals surface area (Å²) in [6.07, 6.45) is 0. The molecule has 0 aliphatic heterocycles. The molecule has 1 amide bonds. The van der Waals surface area contributed by atoms with E-state index in [1.54, 1.807) is 6.07 Å². The fraction of sp³-hybridized carbons (Fsp3) is 0.0714. The minimum Gasteiger partial charge on any atom is -0.484 e. The summed E-state index contributed by atoms with van der Waals surface area (Å²) in [4.78, 5) is 11.7. The molecule has 0 radical (unpaired) electrons. The number of halogens is 4. The predicted octanol–water partition coefficient (Wildman–Crippen LogP) is 4.80. The zero-order valence-electron chi connectivity index (χ0n) is 10.5. The molecule has 0 spiro atoms. The van der Waals surface area contributed by atoms with Crippen LogP contribution in [0.3, 0.4) is 0 Å². The smallest absolute Gasteiger partial charge is 0.262 e. The van der Waals surface area contributed by atoms with Gasteiger partial charge in [0, 0.05) is 15.1 Å². The standard InChI is InChI=1S/C14H9Cl3FNO2/c15-8-1-2-13(12(18)6-8)19-14(20)7-21-11-4-9(16)3-10(17)5-11/h1-6H,7H2,(H,19,20). The largest absolute Gasteiger partial charge is 0.484 e. The molecule has 110 valence electrons. The molecule has 0 aliphatic carbocycles. The molecule has 1 N–H and O–H groups in total. The van der Waals surface area contributed by atoms with Crippen LogP contribution in [0.4, 0.5) is 10.1 Å². The third-order valence-electron chi connectivity index (χ3n) is 2.41. The zero-order chi connectivity index (χ0) is 15.4. The van der Waals surface area contributed by atoms with Crippen molar-refractivity contribution in [2.75, 3.05) is 11.9 Å². The van der Waals surface area contributed by atoms with E-state index in [-0.39, 0.29) is 17.3 Å². The van der Waals surface area contributed by atoms with Crippen LogP contribution in [0.15, 0.2) is 36.4 Å². The van der Waals surface area contributed by atoms with Gasteiger partial charge in [0.2, 0.25) is 0 Å². The molecule has 0 fully saturated rings. The zero-order valence-corrected chi connectivity index (χ0v) is 12.8. The van der Waals surface area contributed by atoms with Gasteiger partial charge in [-0.05, 0) is 36.4 Å². The van der Waals surface area contributed by atoms with Crippen LogP contribution in [0.5, 0.6) is 5.75 Å². The van der Waals surface area contributed by atoms with E-state index in [1.807, 2.05) is 0 Å². The van der Waals surface area contributed by atoms with Gasteiger partial charge in [0.05, 0.1) is 5.69 Å². The van der Waals surface area contributed by atoms with Crippen molar-refractivity contribution in [1.82, 2.24) is 0 Å². The van der Waals surface area contributed by atoms with E-state index < -0.39 is 11.7 Å². The van der Waals surface area contributed by atoms with Crippen LogP contribution < -0.4 is 10.1 Å². The Bertz CT molecular complexity index is 659. The molecule has 2 rings (SSSR count). The Morgan fingerprint density at radius 1 is 1.05 bits per heavy atom. The summed E-state index contributed by atoms with van der Waals surface area (Å²) >= 11 is 17.2. The van der Waals surface area contributed by atoms with E-state index in [0.29, 0.717) is 15.8 Å². The summed E-state index contributed by atoms with van der Waals surface area (Å²) in [7, 11) is 0. The minimum atomic E-state index is -0.623. The molecule has 0 saturated heterocycles. The second-order valence-electron chi connectivity index (χ2n) is 4.07. The number of nitrogens with one attached hydrogen (secondary N) is 1. The number of hydrogen-bond donors (Lipinski definition) is 1. The molecule has 7 heteroatoms. The molecular weight excluding hydrogens is 340 g/mol. The molecule has 0 saturated carbocycles. The minimum absolute atomic E-state index is 0.0251. The first-order valence-electron chi connectivity index (χ1n) is 5.78. The van der Waals surface area contributed by atoms with Crippen molar-refractivity contribution in [3.05, 3.63) is 57.3 Å². The molecule has 0 aromatic heterocycles. The van der Waals surface area contributed by atoms with Crippen LogP contribution in [0.1, 0.15) is 0 Å². The van der Waals surface area contributed by atoms with Crippen LogP contribution in [0, 0.1) is 5.82 Å². The summed E-state index contributed by atoms with van der Waals surface area (Å²) in [5.41, 5.74) is 0.0251. The highest BCUT2D eigenvalue weighted by molar-refractivity contribution is 6.34. The van der Waals surface area contributed by atoms with E-state index >= 15 is 0 Å². The fourth-order valence-electron chi connectivity index (χ4n) is 1.54. The van der Waals surface area contributed by atoms with Gasteiger partial charge in [0.15, 0.2) is 6.61 Å². The number of anilines is 1. The third kappa shape index (κ3) is 4.77. The maximum absolute atomic E-state index is 13.5. The van der Waals surface area contributed by atoms with E-state index in [4.69, 9.17) is 39.5 Å². The van der Waals surface area contributed by atoms with Gasteiger partial charge in [-0.2, -0.15) is 0 Å². The summed E-state index contributed by atoms with van der Waals surface area (Å²) in [6.45, 7) is -0.307. The molecule has 2 aromatic rings. The third-order valence-corrected chi connectivity index (χ3v) is 3.08. The summed E-state index contributed by atoms with van der Waals surface area (Å²) < 4.78 is 18.7. The topological polar surface area (TPSA) is 38.3 Å². The quantitative estimate of drug-likeness (QED) is 0.861. The summed E-state index contributed by atoms with van der Waals surface area (Å²) in [5, 5.41) is 3.40. The van der Waals surface area contributed by atoms with Crippen molar-refractivity contribution in [2.45, 2.75) is 0 Å². The van der Waals surface area contributed by atoms with Gasteiger partial charge in [-0.25, -0.2) is 4.39 Å². The molecule has 0 heterocycles. The second-order valence-corrected chi connectivity index (χ2v) is 5.38. The van der Waals surface area contributed by atoms with E-state index in [0.717, 1.165) is 6.07 Å². The van der Waals surface area contributed by atoms with Crippen LogP contribution >= 0.6 is 34.8 Å². The lowest BCUT2D eigenvalue weighted by Gasteiger charge is -2.09. The highest BCUT2D eigenvalue weighted by Gasteiger charge is 2.09. The lowest BCUT2D eigenvalue weighted by molar-refractivity contribution is -0.118. The maximum Gasteiger partial charge on any atom is 0.262 e. The van der Waals surface area contributed by atoms with Crippen LogP contribution in [0.2, 0.25) is 15.1 Å². The maximum atomic E-state index is 13.5.